The van der Waals surface area contributed by atoms with Crippen molar-refractivity contribution in [2.45, 2.75) is 19.4 Å². The Morgan fingerprint density at radius 2 is 2.00 bits per heavy atom. The van der Waals surface area contributed by atoms with Crippen LogP contribution in [-0.4, -0.2) is 51.5 Å². The fraction of sp³-hybridized carbons (Fsp3) is 0.333. The molecule has 1 heterocycles. The molecule has 0 radical (unpaired) electrons. The Bertz CT molecular complexity index is 774. The number of nitrogens with one attached hydrogen (secondary N) is 1. The van der Waals surface area contributed by atoms with Gasteiger partial charge in [0.15, 0.2) is 6.04 Å². The first-order valence-corrected chi connectivity index (χ1v) is 8.07. The van der Waals surface area contributed by atoms with Crippen LogP contribution in [0.2, 0.25) is 10.0 Å². The summed E-state index contributed by atoms with van der Waals surface area (Å²) < 4.78 is 6.16. The Kier molecular flexibility index (Phi) is 6.35. The molecule has 8 nitrogen and oxygen atoms in total. The number of amides is 1. The lowest BCUT2D eigenvalue weighted by molar-refractivity contribution is -0.140. The Morgan fingerprint density at radius 1 is 1.36 bits per heavy atom. The number of methoxy groups -OCH3 is 1. The quantitative estimate of drug-likeness (QED) is 0.753. The van der Waals surface area contributed by atoms with Crippen molar-refractivity contribution in [2.75, 3.05) is 13.7 Å². The van der Waals surface area contributed by atoms with E-state index >= 15 is 0 Å². The topological polar surface area (TPSA) is 106 Å². The molecule has 10 heteroatoms. The predicted molar refractivity (Wildman–Crippen MR) is 91.5 cm³/mol. The van der Waals surface area contributed by atoms with E-state index in [0.29, 0.717) is 28.0 Å². The zero-order valence-corrected chi connectivity index (χ0v) is 15.0. The Hall–Kier alpha value is -2.16. The van der Waals surface area contributed by atoms with Crippen molar-refractivity contribution in [3.63, 3.8) is 0 Å². The van der Waals surface area contributed by atoms with Crippen LogP contribution in [0, 0.1) is 0 Å². The van der Waals surface area contributed by atoms with Gasteiger partial charge in [-0.1, -0.05) is 36.2 Å². The molecule has 0 bridgehead atoms. The summed E-state index contributed by atoms with van der Waals surface area (Å²) in [6.07, 6.45) is 0.461. The van der Waals surface area contributed by atoms with Crippen LogP contribution in [0.25, 0.3) is 5.69 Å². The summed E-state index contributed by atoms with van der Waals surface area (Å²) in [5.74, 6) is -1.69. The number of carbonyl (C=O) groups excluding carboxylic acids is 1. The highest BCUT2D eigenvalue weighted by Gasteiger charge is 2.24. The maximum Gasteiger partial charge on any atom is 0.328 e. The highest BCUT2D eigenvalue weighted by molar-refractivity contribution is 6.37. The van der Waals surface area contributed by atoms with Crippen LogP contribution < -0.4 is 5.32 Å². The van der Waals surface area contributed by atoms with E-state index in [1.54, 1.807) is 18.2 Å². The third-order valence-corrected chi connectivity index (χ3v) is 3.89. The summed E-state index contributed by atoms with van der Waals surface area (Å²) in [5.41, 5.74) is 0.404. The molecule has 134 valence electrons. The van der Waals surface area contributed by atoms with E-state index in [1.807, 2.05) is 6.92 Å². The van der Waals surface area contributed by atoms with Crippen LogP contribution in [0.3, 0.4) is 0 Å². The number of benzene rings is 1. The minimum atomic E-state index is -1.22. The first kappa shape index (κ1) is 19.2. The maximum absolute atomic E-state index is 12.3. The van der Waals surface area contributed by atoms with Gasteiger partial charge in [-0.05, 0) is 12.1 Å². The van der Waals surface area contributed by atoms with Crippen molar-refractivity contribution < 1.29 is 19.4 Å². The summed E-state index contributed by atoms with van der Waals surface area (Å²) in [6.45, 7) is 1.65. The number of aryl methyl sites for hydroxylation is 1. The summed E-state index contributed by atoms with van der Waals surface area (Å²) in [4.78, 5) is 27.6. The van der Waals surface area contributed by atoms with Gasteiger partial charge in [0.2, 0.25) is 5.82 Å². The third-order valence-electron chi connectivity index (χ3n) is 3.28. The Balaban J connectivity index is 2.37. The molecule has 2 N–H and O–H groups in total. The number of ether oxygens (including phenoxy) is 1. The summed E-state index contributed by atoms with van der Waals surface area (Å²) in [7, 11) is 1.34. The number of carboxylic acids is 1. The van der Waals surface area contributed by atoms with Gasteiger partial charge in [0, 0.05) is 13.5 Å². The molecule has 0 aliphatic heterocycles. The van der Waals surface area contributed by atoms with Crippen LogP contribution in [0.15, 0.2) is 18.2 Å². The molecule has 2 rings (SSSR count). The molecule has 0 fully saturated rings. The average Bonchev–Trinajstić information content (AvgIpc) is 2.98. The molecule has 1 atom stereocenters. The van der Waals surface area contributed by atoms with Gasteiger partial charge in [-0.2, -0.15) is 0 Å². The molecule has 1 aromatic heterocycles. The van der Waals surface area contributed by atoms with Gasteiger partial charge in [-0.25, -0.2) is 14.5 Å². The highest BCUT2D eigenvalue weighted by Crippen LogP contribution is 2.28. The van der Waals surface area contributed by atoms with Crippen molar-refractivity contribution >= 4 is 35.1 Å². The molecule has 2 aromatic rings. The van der Waals surface area contributed by atoms with E-state index in [9.17, 15) is 9.59 Å². The van der Waals surface area contributed by atoms with Crippen molar-refractivity contribution in [2.24, 2.45) is 0 Å². The number of carboxylic acid groups (broad SMARTS) is 1. The molecule has 1 amide bonds. The van der Waals surface area contributed by atoms with Crippen molar-refractivity contribution in [1.29, 1.82) is 0 Å². The van der Waals surface area contributed by atoms with Gasteiger partial charge in [-0.3, -0.25) is 4.79 Å². The lowest BCUT2D eigenvalue weighted by Crippen LogP contribution is -2.44. The van der Waals surface area contributed by atoms with Crippen LogP contribution in [0.1, 0.15) is 23.4 Å². The minimum absolute atomic E-state index is 0.182. The molecule has 25 heavy (non-hydrogen) atoms. The first-order chi connectivity index (χ1) is 11.9. The maximum atomic E-state index is 12.3. The largest absolute Gasteiger partial charge is 0.480 e. The van der Waals surface area contributed by atoms with E-state index in [2.05, 4.69) is 15.4 Å². The zero-order chi connectivity index (χ0) is 18.6. The highest BCUT2D eigenvalue weighted by atomic mass is 35.5. The molecule has 0 saturated heterocycles. The average molecular weight is 387 g/mol. The van der Waals surface area contributed by atoms with E-state index in [-0.39, 0.29) is 12.4 Å². The zero-order valence-electron chi connectivity index (χ0n) is 13.5. The minimum Gasteiger partial charge on any atom is -0.480 e. The molecule has 0 saturated carbocycles. The standard InChI is InChI=1S/C15H16Cl2N4O4/c1-3-11-19-13(14(22)18-10(7-25-2)15(23)24)20-21(11)12-8(16)5-4-6-9(12)17/h4-6,10H,3,7H2,1-2H3,(H,18,22)(H,23,24). The molecule has 1 aromatic carbocycles. The summed E-state index contributed by atoms with van der Waals surface area (Å²) >= 11 is 12.4. The molecule has 0 aliphatic carbocycles. The number of rotatable bonds is 7. The number of aromatic nitrogens is 3. The number of hydrogen-bond acceptors (Lipinski definition) is 5. The normalized spacial score (nSPS) is 12.0. The van der Waals surface area contributed by atoms with Gasteiger partial charge < -0.3 is 15.2 Å². The van der Waals surface area contributed by atoms with Crippen LogP contribution in [0.5, 0.6) is 0 Å². The monoisotopic (exact) mass is 386 g/mol. The molecular weight excluding hydrogens is 371 g/mol. The number of halogens is 2. The molecule has 1 unspecified atom stereocenters. The second kappa shape index (κ2) is 8.28. The smallest absolute Gasteiger partial charge is 0.328 e. The second-order valence-electron chi connectivity index (χ2n) is 5.01. The third kappa shape index (κ3) is 4.28. The number of aliphatic carboxylic acids is 1. The number of nitrogens with zero attached hydrogens (tertiary/aromatic N) is 3. The van der Waals surface area contributed by atoms with Crippen LogP contribution in [0.4, 0.5) is 0 Å². The lowest BCUT2D eigenvalue weighted by Gasteiger charge is -2.11. The fourth-order valence-electron chi connectivity index (χ4n) is 2.10. The van der Waals surface area contributed by atoms with Crippen molar-refractivity contribution in [1.82, 2.24) is 20.1 Å². The first-order valence-electron chi connectivity index (χ1n) is 7.32. The van der Waals surface area contributed by atoms with Gasteiger partial charge >= 0.3 is 5.97 Å². The van der Waals surface area contributed by atoms with Crippen LogP contribution in [-0.2, 0) is 16.0 Å². The van der Waals surface area contributed by atoms with Gasteiger partial charge in [0.1, 0.15) is 11.5 Å². The lowest BCUT2D eigenvalue weighted by atomic mass is 10.3. The second-order valence-corrected chi connectivity index (χ2v) is 5.82. The fourth-order valence-corrected chi connectivity index (χ4v) is 2.66. The number of carbonyl (C=O) groups is 2. The summed E-state index contributed by atoms with van der Waals surface area (Å²) in [6, 6.07) is 3.76. The van der Waals surface area contributed by atoms with Gasteiger partial charge in [0.25, 0.3) is 5.91 Å². The summed E-state index contributed by atoms with van der Waals surface area (Å²) in [5, 5.41) is 16.2. The van der Waals surface area contributed by atoms with E-state index in [4.69, 9.17) is 33.0 Å². The molecule has 0 aliphatic rings. The van der Waals surface area contributed by atoms with Gasteiger partial charge in [-0.15, -0.1) is 5.10 Å². The number of para-hydroxylation sites is 1. The molecule has 0 spiro atoms. The Morgan fingerprint density at radius 3 is 2.52 bits per heavy atom. The van der Waals surface area contributed by atoms with Crippen LogP contribution >= 0.6 is 23.2 Å². The molecular formula is C15H16Cl2N4O4. The van der Waals surface area contributed by atoms with E-state index in [1.165, 1.54) is 11.8 Å². The van der Waals surface area contributed by atoms with E-state index < -0.39 is 17.9 Å². The predicted octanol–water partition coefficient (Wildman–Crippen LogP) is 1.97. The number of hydrogen-bond donors (Lipinski definition) is 2. The van der Waals surface area contributed by atoms with E-state index in [0.717, 1.165) is 0 Å². The Labute approximate surface area is 153 Å². The SMILES string of the molecule is CCc1nc(C(=O)NC(COC)C(=O)O)nn1-c1c(Cl)cccc1Cl. The van der Waals surface area contributed by atoms with Gasteiger partial charge in [0.05, 0.1) is 16.7 Å². The van der Waals surface area contributed by atoms with Crippen molar-refractivity contribution in [3.8, 4) is 5.69 Å². The van der Waals surface area contributed by atoms with Crippen molar-refractivity contribution in [3.05, 3.63) is 39.9 Å².